The molecule has 0 bridgehead atoms. The first kappa shape index (κ1) is 15.4. The molecule has 0 aliphatic heterocycles. The van der Waals surface area contributed by atoms with Crippen LogP contribution in [0.2, 0.25) is 0 Å². The molecule has 0 aromatic carbocycles. The Morgan fingerprint density at radius 1 is 1.28 bits per heavy atom. The van der Waals surface area contributed by atoms with E-state index in [0.717, 1.165) is 4.88 Å². The standard InChI is InChI=1S/C13H10F2N8OS/c14-13(15)24-11-1-9(21-22-11)19-10-4-17-8-3-18-23(12(8)20-10)5-7-2-16-6-25-7/h1-4,6,13H,5H2,(H2,19,20,21,22). The van der Waals surface area contributed by atoms with E-state index >= 15 is 0 Å². The number of thiazole rings is 1. The summed E-state index contributed by atoms with van der Waals surface area (Å²) in [6, 6.07) is 1.30. The lowest BCUT2D eigenvalue weighted by Crippen LogP contribution is -2.03. The maximum Gasteiger partial charge on any atom is 0.388 e. The second-order valence-corrected chi connectivity index (χ2v) is 5.83. The van der Waals surface area contributed by atoms with Gasteiger partial charge in [0.1, 0.15) is 5.52 Å². The molecule has 4 rings (SSSR count). The molecule has 0 atom stereocenters. The number of ether oxygens (including phenoxy) is 1. The van der Waals surface area contributed by atoms with Crippen LogP contribution < -0.4 is 10.1 Å². The number of nitrogens with one attached hydrogen (secondary N) is 2. The van der Waals surface area contributed by atoms with Gasteiger partial charge in [-0.05, 0) is 0 Å². The van der Waals surface area contributed by atoms with Crippen LogP contribution in [0.3, 0.4) is 0 Å². The lowest BCUT2D eigenvalue weighted by Gasteiger charge is -2.03. The minimum Gasteiger partial charge on any atom is -0.417 e. The molecule has 0 spiro atoms. The normalized spacial score (nSPS) is 11.3. The highest BCUT2D eigenvalue weighted by Crippen LogP contribution is 2.20. The Morgan fingerprint density at radius 2 is 2.20 bits per heavy atom. The van der Waals surface area contributed by atoms with E-state index in [2.05, 4.69) is 40.3 Å². The Kier molecular flexibility index (Phi) is 3.93. The molecule has 128 valence electrons. The molecule has 2 N–H and O–H groups in total. The molecule has 0 saturated carbocycles. The van der Waals surface area contributed by atoms with Gasteiger partial charge in [-0.15, -0.1) is 11.3 Å². The van der Waals surface area contributed by atoms with E-state index in [4.69, 9.17) is 0 Å². The fourth-order valence-corrected chi connectivity index (χ4v) is 2.72. The topological polar surface area (TPSA) is 106 Å². The average molecular weight is 364 g/mol. The Balaban J connectivity index is 1.57. The fourth-order valence-electron chi connectivity index (χ4n) is 2.15. The minimum atomic E-state index is -2.93. The molecule has 0 aliphatic carbocycles. The highest BCUT2D eigenvalue weighted by Gasteiger charge is 2.11. The molecule has 0 fully saturated rings. The summed E-state index contributed by atoms with van der Waals surface area (Å²) in [5.74, 6) is 0.522. The van der Waals surface area contributed by atoms with Gasteiger partial charge in [0, 0.05) is 17.1 Å². The molecular weight excluding hydrogens is 354 g/mol. The van der Waals surface area contributed by atoms with Gasteiger partial charge in [-0.3, -0.25) is 4.98 Å². The van der Waals surface area contributed by atoms with Crippen molar-refractivity contribution in [3.63, 3.8) is 0 Å². The van der Waals surface area contributed by atoms with Crippen molar-refractivity contribution in [2.24, 2.45) is 0 Å². The Bertz CT molecular complexity index is 983. The molecule has 9 nitrogen and oxygen atoms in total. The molecule has 25 heavy (non-hydrogen) atoms. The largest absolute Gasteiger partial charge is 0.417 e. The third-order valence-electron chi connectivity index (χ3n) is 3.16. The number of anilines is 2. The molecule has 12 heteroatoms. The summed E-state index contributed by atoms with van der Waals surface area (Å²) in [4.78, 5) is 13.8. The van der Waals surface area contributed by atoms with Crippen LogP contribution in [0.5, 0.6) is 5.88 Å². The van der Waals surface area contributed by atoms with Crippen LogP contribution in [-0.4, -0.2) is 41.5 Å². The van der Waals surface area contributed by atoms with Gasteiger partial charge in [0.15, 0.2) is 17.3 Å². The second kappa shape index (κ2) is 6.39. The quantitative estimate of drug-likeness (QED) is 0.541. The van der Waals surface area contributed by atoms with E-state index in [1.54, 1.807) is 22.6 Å². The van der Waals surface area contributed by atoms with Crippen molar-refractivity contribution in [2.75, 3.05) is 5.32 Å². The number of rotatable bonds is 6. The molecule has 4 heterocycles. The van der Waals surface area contributed by atoms with Gasteiger partial charge in [-0.2, -0.15) is 19.0 Å². The predicted octanol–water partition coefficient (Wildman–Crippen LogP) is 2.40. The first-order chi connectivity index (χ1) is 12.2. The zero-order valence-corrected chi connectivity index (χ0v) is 13.2. The van der Waals surface area contributed by atoms with Gasteiger partial charge in [-0.1, -0.05) is 0 Å². The van der Waals surface area contributed by atoms with Crippen LogP contribution in [0.4, 0.5) is 20.4 Å². The van der Waals surface area contributed by atoms with Crippen molar-refractivity contribution < 1.29 is 13.5 Å². The molecule has 0 aliphatic rings. The number of aromatic nitrogens is 7. The van der Waals surface area contributed by atoms with Gasteiger partial charge in [0.25, 0.3) is 0 Å². The summed E-state index contributed by atoms with van der Waals surface area (Å²) in [6.07, 6.45) is 4.89. The van der Waals surface area contributed by atoms with Gasteiger partial charge in [-0.25, -0.2) is 19.7 Å². The van der Waals surface area contributed by atoms with Gasteiger partial charge >= 0.3 is 6.61 Å². The van der Waals surface area contributed by atoms with E-state index < -0.39 is 6.61 Å². The monoisotopic (exact) mass is 364 g/mol. The van der Waals surface area contributed by atoms with Crippen LogP contribution >= 0.6 is 11.3 Å². The average Bonchev–Trinajstić information content (AvgIpc) is 3.30. The van der Waals surface area contributed by atoms with Gasteiger partial charge in [0.05, 0.1) is 24.4 Å². The summed E-state index contributed by atoms with van der Waals surface area (Å²) >= 11 is 1.52. The van der Waals surface area contributed by atoms with E-state index in [-0.39, 0.29) is 11.7 Å². The third kappa shape index (κ3) is 3.38. The highest BCUT2D eigenvalue weighted by atomic mass is 32.1. The number of fused-ring (bicyclic) bond motifs is 1. The van der Waals surface area contributed by atoms with Crippen molar-refractivity contribution in [1.29, 1.82) is 0 Å². The maximum absolute atomic E-state index is 12.2. The Labute approximate surface area is 142 Å². The summed E-state index contributed by atoms with van der Waals surface area (Å²) in [7, 11) is 0. The SMILES string of the molecule is FC(F)Oc1cc(Nc2cnc3cnn(Cc4cncs4)c3n2)n[nH]1. The van der Waals surface area contributed by atoms with Crippen LogP contribution in [0.15, 0.2) is 30.2 Å². The van der Waals surface area contributed by atoms with Crippen LogP contribution in [-0.2, 0) is 6.54 Å². The van der Waals surface area contributed by atoms with Gasteiger partial charge in [0.2, 0.25) is 5.88 Å². The minimum absolute atomic E-state index is 0.151. The molecule has 0 saturated heterocycles. The number of aromatic amines is 1. The molecular formula is C13H10F2N8OS. The van der Waals surface area contributed by atoms with Crippen molar-refractivity contribution >= 4 is 34.1 Å². The Hall–Kier alpha value is -3.15. The van der Waals surface area contributed by atoms with Crippen molar-refractivity contribution in [3.8, 4) is 5.88 Å². The molecule has 0 radical (unpaired) electrons. The lowest BCUT2D eigenvalue weighted by atomic mass is 10.5. The van der Waals surface area contributed by atoms with Crippen LogP contribution in [0.1, 0.15) is 4.88 Å². The summed E-state index contributed by atoms with van der Waals surface area (Å²) in [6.45, 7) is -2.40. The maximum atomic E-state index is 12.2. The first-order valence-electron chi connectivity index (χ1n) is 7.00. The number of alkyl halides is 2. The number of hydrogen-bond donors (Lipinski definition) is 2. The third-order valence-corrected chi connectivity index (χ3v) is 3.93. The molecule has 0 amide bonds. The zero-order valence-electron chi connectivity index (χ0n) is 12.4. The second-order valence-electron chi connectivity index (χ2n) is 4.85. The van der Waals surface area contributed by atoms with E-state index in [9.17, 15) is 8.78 Å². The zero-order chi connectivity index (χ0) is 17.2. The number of H-pyrrole nitrogens is 1. The smallest absolute Gasteiger partial charge is 0.388 e. The van der Waals surface area contributed by atoms with Crippen molar-refractivity contribution in [1.82, 2.24) is 34.9 Å². The molecule has 4 aromatic rings. The van der Waals surface area contributed by atoms with E-state index in [1.165, 1.54) is 23.6 Å². The summed E-state index contributed by atoms with van der Waals surface area (Å²) in [5.41, 5.74) is 2.97. The molecule has 0 unspecified atom stereocenters. The van der Waals surface area contributed by atoms with Crippen molar-refractivity contribution in [3.05, 3.63) is 35.0 Å². The summed E-state index contributed by atoms with van der Waals surface area (Å²) in [5, 5.41) is 13.3. The number of nitrogens with zero attached hydrogens (tertiary/aromatic N) is 6. The first-order valence-corrected chi connectivity index (χ1v) is 7.88. The number of hydrogen-bond acceptors (Lipinski definition) is 8. The van der Waals surface area contributed by atoms with Crippen molar-refractivity contribution in [2.45, 2.75) is 13.2 Å². The summed E-state index contributed by atoms with van der Waals surface area (Å²) < 4.78 is 30.3. The molecule has 4 aromatic heterocycles. The van der Waals surface area contributed by atoms with E-state index in [0.29, 0.717) is 23.5 Å². The van der Waals surface area contributed by atoms with Crippen LogP contribution in [0, 0.1) is 0 Å². The lowest BCUT2D eigenvalue weighted by molar-refractivity contribution is -0.0528. The van der Waals surface area contributed by atoms with Gasteiger partial charge < -0.3 is 10.1 Å². The Morgan fingerprint density at radius 3 is 3.00 bits per heavy atom. The fraction of sp³-hybridized carbons (Fsp3) is 0.154. The number of halogens is 2. The van der Waals surface area contributed by atoms with Crippen LogP contribution in [0.25, 0.3) is 11.2 Å². The highest BCUT2D eigenvalue weighted by molar-refractivity contribution is 7.09. The van der Waals surface area contributed by atoms with E-state index in [1.807, 2.05) is 0 Å². The predicted molar refractivity (Wildman–Crippen MR) is 85.0 cm³/mol.